The summed E-state index contributed by atoms with van der Waals surface area (Å²) in [6, 6.07) is 5.85. The van der Waals surface area contributed by atoms with Crippen LogP contribution in [-0.4, -0.2) is 70.5 Å². The minimum absolute atomic E-state index is 0.00960. The van der Waals surface area contributed by atoms with Crippen molar-refractivity contribution in [2.75, 3.05) is 45.2 Å². The molecule has 3 heterocycles. The molecule has 4 rings (SSSR count). The predicted molar refractivity (Wildman–Crippen MR) is 105 cm³/mol. The van der Waals surface area contributed by atoms with E-state index in [2.05, 4.69) is 30.1 Å². The lowest BCUT2D eigenvalue weighted by atomic mass is 10.3. The molecule has 0 spiro atoms. The first-order valence-corrected chi connectivity index (χ1v) is 9.74. The number of carbonyl (C=O) groups is 1. The lowest BCUT2D eigenvalue weighted by Gasteiger charge is -2.33. The van der Waals surface area contributed by atoms with Gasteiger partial charge in [0, 0.05) is 43.8 Å². The summed E-state index contributed by atoms with van der Waals surface area (Å²) in [7, 11) is 1.66. The Balaban J connectivity index is 1.27. The highest BCUT2D eigenvalue weighted by Gasteiger charge is 2.20. The number of fused-ring (bicyclic) bond motifs is 1. The lowest BCUT2D eigenvalue weighted by molar-refractivity contribution is -0.117. The monoisotopic (exact) mass is 386 g/mol. The molecule has 9 heteroatoms. The molecular formula is C18H22N6O2S. The van der Waals surface area contributed by atoms with E-state index in [0.717, 1.165) is 55.3 Å². The maximum Gasteiger partial charge on any atom is 0.240 e. The zero-order valence-corrected chi connectivity index (χ0v) is 16.0. The van der Waals surface area contributed by atoms with Crippen LogP contribution in [-0.2, 0) is 11.3 Å². The summed E-state index contributed by atoms with van der Waals surface area (Å²) >= 11 is 1.43. The minimum atomic E-state index is -0.00960. The number of hydrogen-bond acceptors (Lipinski definition) is 7. The molecule has 0 bridgehead atoms. The summed E-state index contributed by atoms with van der Waals surface area (Å²) in [5.41, 5.74) is 1.94. The predicted octanol–water partition coefficient (Wildman–Crippen LogP) is 1.78. The van der Waals surface area contributed by atoms with Gasteiger partial charge in [-0.15, -0.1) is 11.3 Å². The number of nitrogens with one attached hydrogen (secondary N) is 2. The summed E-state index contributed by atoms with van der Waals surface area (Å²) in [6.07, 6.45) is 1.69. The Morgan fingerprint density at radius 3 is 2.85 bits per heavy atom. The second-order valence-corrected chi connectivity index (χ2v) is 7.40. The molecule has 1 saturated heterocycles. The van der Waals surface area contributed by atoms with Gasteiger partial charge in [0.25, 0.3) is 0 Å². The number of rotatable bonds is 6. The number of nitrogens with zero attached hydrogens (tertiary/aromatic N) is 4. The fraction of sp³-hybridized carbons (Fsp3) is 0.389. The van der Waals surface area contributed by atoms with E-state index >= 15 is 0 Å². The van der Waals surface area contributed by atoms with Gasteiger partial charge in [-0.05, 0) is 12.1 Å². The SMILES string of the molecule is COc1ccc2nc(CN3CCN(CC(=O)Nc4nccs4)CC3)[nH]c2c1. The second kappa shape index (κ2) is 8.03. The van der Waals surface area contributed by atoms with E-state index in [1.165, 1.54) is 11.3 Å². The molecule has 1 amide bonds. The summed E-state index contributed by atoms with van der Waals surface area (Å²) in [4.78, 5) is 28.7. The van der Waals surface area contributed by atoms with Gasteiger partial charge in [0.2, 0.25) is 5.91 Å². The molecular weight excluding hydrogens is 364 g/mol. The van der Waals surface area contributed by atoms with Crippen LogP contribution in [0.1, 0.15) is 5.82 Å². The zero-order chi connectivity index (χ0) is 18.6. The molecule has 1 aliphatic rings. The zero-order valence-electron chi connectivity index (χ0n) is 15.1. The topological polar surface area (TPSA) is 86.4 Å². The molecule has 1 aliphatic heterocycles. The normalized spacial score (nSPS) is 15.9. The van der Waals surface area contributed by atoms with Crippen molar-refractivity contribution in [2.45, 2.75) is 6.54 Å². The van der Waals surface area contributed by atoms with Crippen LogP contribution >= 0.6 is 11.3 Å². The number of anilines is 1. The van der Waals surface area contributed by atoms with Crippen molar-refractivity contribution in [3.05, 3.63) is 35.6 Å². The Hall–Kier alpha value is -2.49. The van der Waals surface area contributed by atoms with Crippen LogP contribution in [0.2, 0.25) is 0 Å². The first-order chi connectivity index (χ1) is 13.2. The van der Waals surface area contributed by atoms with E-state index in [0.29, 0.717) is 11.7 Å². The minimum Gasteiger partial charge on any atom is -0.497 e. The number of carbonyl (C=O) groups excluding carboxylic acids is 1. The van der Waals surface area contributed by atoms with E-state index in [9.17, 15) is 4.79 Å². The summed E-state index contributed by atoms with van der Waals surface area (Å²) in [5, 5.41) is 5.34. The van der Waals surface area contributed by atoms with E-state index in [-0.39, 0.29) is 5.91 Å². The maximum atomic E-state index is 12.1. The summed E-state index contributed by atoms with van der Waals surface area (Å²) in [5.74, 6) is 1.76. The smallest absolute Gasteiger partial charge is 0.240 e. The fourth-order valence-electron chi connectivity index (χ4n) is 3.21. The highest BCUT2D eigenvalue weighted by atomic mass is 32.1. The van der Waals surface area contributed by atoms with Gasteiger partial charge in [-0.25, -0.2) is 9.97 Å². The number of piperazine rings is 1. The van der Waals surface area contributed by atoms with E-state index in [4.69, 9.17) is 4.74 Å². The van der Waals surface area contributed by atoms with Crippen molar-refractivity contribution in [3.63, 3.8) is 0 Å². The molecule has 0 radical (unpaired) electrons. The van der Waals surface area contributed by atoms with Crippen LogP contribution < -0.4 is 10.1 Å². The number of benzene rings is 1. The van der Waals surface area contributed by atoms with Gasteiger partial charge in [0.15, 0.2) is 5.13 Å². The number of hydrogen-bond donors (Lipinski definition) is 2. The highest BCUT2D eigenvalue weighted by Crippen LogP contribution is 2.19. The largest absolute Gasteiger partial charge is 0.497 e. The number of imidazole rings is 1. The number of amides is 1. The van der Waals surface area contributed by atoms with Crippen molar-refractivity contribution >= 4 is 33.4 Å². The van der Waals surface area contributed by atoms with Crippen molar-refractivity contribution < 1.29 is 9.53 Å². The number of methoxy groups -OCH3 is 1. The first kappa shape index (κ1) is 17.9. The van der Waals surface area contributed by atoms with Gasteiger partial charge in [-0.2, -0.15) is 0 Å². The molecule has 8 nitrogen and oxygen atoms in total. The molecule has 0 unspecified atom stereocenters. The Labute approximate surface area is 161 Å². The molecule has 2 aromatic heterocycles. The number of ether oxygens (including phenoxy) is 1. The van der Waals surface area contributed by atoms with Gasteiger partial charge < -0.3 is 15.0 Å². The molecule has 0 saturated carbocycles. The summed E-state index contributed by atoms with van der Waals surface area (Å²) < 4.78 is 5.26. The van der Waals surface area contributed by atoms with Gasteiger partial charge in [0.1, 0.15) is 11.6 Å². The first-order valence-electron chi connectivity index (χ1n) is 8.86. The molecule has 1 aromatic carbocycles. The second-order valence-electron chi connectivity index (χ2n) is 6.50. The third-order valence-corrected chi connectivity index (χ3v) is 5.31. The average Bonchev–Trinajstić information content (AvgIpc) is 3.31. The molecule has 142 valence electrons. The van der Waals surface area contributed by atoms with Crippen molar-refractivity contribution in [3.8, 4) is 5.75 Å². The Morgan fingerprint density at radius 2 is 2.11 bits per heavy atom. The van der Waals surface area contributed by atoms with Gasteiger partial charge in [-0.1, -0.05) is 0 Å². The molecule has 0 atom stereocenters. The van der Waals surface area contributed by atoms with Crippen molar-refractivity contribution in [1.82, 2.24) is 24.8 Å². The Morgan fingerprint density at radius 1 is 1.30 bits per heavy atom. The van der Waals surface area contributed by atoms with Crippen molar-refractivity contribution in [2.24, 2.45) is 0 Å². The molecule has 0 aliphatic carbocycles. The number of aromatic amines is 1. The Bertz CT molecular complexity index is 902. The highest BCUT2D eigenvalue weighted by molar-refractivity contribution is 7.13. The fourth-order valence-corrected chi connectivity index (χ4v) is 3.75. The van der Waals surface area contributed by atoms with Gasteiger partial charge in [0.05, 0.1) is 31.2 Å². The third-order valence-electron chi connectivity index (χ3n) is 4.62. The van der Waals surface area contributed by atoms with Crippen LogP contribution in [0.25, 0.3) is 11.0 Å². The van der Waals surface area contributed by atoms with Gasteiger partial charge in [-0.3, -0.25) is 14.6 Å². The van der Waals surface area contributed by atoms with E-state index < -0.39 is 0 Å². The lowest BCUT2D eigenvalue weighted by Crippen LogP contribution is -2.48. The van der Waals surface area contributed by atoms with Crippen molar-refractivity contribution in [1.29, 1.82) is 0 Å². The summed E-state index contributed by atoms with van der Waals surface area (Å²) in [6.45, 7) is 4.71. The number of thiazole rings is 1. The van der Waals surface area contributed by atoms with Crippen LogP contribution in [0, 0.1) is 0 Å². The molecule has 27 heavy (non-hydrogen) atoms. The van der Waals surface area contributed by atoms with Gasteiger partial charge >= 0.3 is 0 Å². The van der Waals surface area contributed by atoms with E-state index in [1.54, 1.807) is 13.3 Å². The van der Waals surface area contributed by atoms with E-state index in [1.807, 2.05) is 23.6 Å². The molecule has 3 aromatic rings. The standard InChI is InChI=1S/C18H22N6O2S/c1-26-13-2-3-14-15(10-13)21-16(20-14)11-23-5-7-24(8-6-23)12-17(25)22-18-19-4-9-27-18/h2-4,9-10H,5-8,11-12H2,1H3,(H,20,21)(H,19,22,25). The maximum absolute atomic E-state index is 12.1. The van der Waals surface area contributed by atoms with Crippen LogP contribution in [0.3, 0.4) is 0 Å². The third kappa shape index (κ3) is 4.44. The van der Waals surface area contributed by atoms with Crippen LogP contribution in [0.5, 0.6) is 5.75 Å². The van der Waals surface area contributed by atoms with Crippen LogP contribution in [0.4, 0.5) is 5.13 Å². The average molecular weight is 386 g/mol. The quantitative estimate of drug-likeness (QED) is 0.672. The number of aromatic nitrogens is 3. The van der Waals surface area contributed by atoms with Crippen LogP contribution in [0.15, 0.2) is 29.8 Å². The Kier molecular flexibility index (Phi) is 5.33. The molecule has 2 N–H and O–H groups in total. The number of H-pyrrole nitrogens is 1. The molecule has 1 fully saturated rings.